The van der Waals surface area contributed by atoms with Gasteiger partial charge in [0.25, 0.3) is 11.8 Å². The van der Waals surface area contributed by atoms with Gasteiger partial charge in [-0.15, -0.1) is 0 Å². The minimum atomic E-state index is -1.13. The molecule has 0 aliphatic carbocycles. The van der Waals surface area contributed by atoms with E-state index in [1.54, 1.807) is 24.9 Å². The lowest BCUT2D eigenvalue weighted by molar-refractivity contribution is -0.146. The summed E-state index contributed by atoms with van der Waals surface area (Å²) < 4.78 is 10.6. The largest absolute Gasteiger partial charge is 0.494 e. The van der Waals surface area contributed by atoms with Crippen LogP contribution < -0.4 is 30.9 Å². The van der Waals surface area contributed by atoms with Crippen LogP contribution in [0.1, 0.15) is 48.4 Å². The van der Waals surface area contributed by atoms with Gasteiger partial charge in [0.05, 0.1) is 18.0 Å². The molecule has 0 spiro atoms. The monoisotopic (exact) mass is 847 g/mol. The highest BCUT2D eigenvalue weighted by molar-refractivity contribution is 7.98. The molecule has 2 heterocycles. The number of hydrogen-bond donors (Lipinski definition) is 4. The van der Waals surface area contributed by atoms with Crippen molar-refractivity contribution in [1.29, 1.82) is 0 Å². The smallest absolute Gasteiger partial charge is 0.321 e. The third kappa shape index (κ3) is 13.4. The van der Waals surface area contributed by atoms with Gasteiger partial charge in [-0.05, 0) is 73.8 Å². The Hall–Kier alpha value is -6.19. The number of ether oxygens (including phenoxy) is 2. The molecule has 2 aliphatic rings. The Labute approximate surface area is 360 Å². The number of nitrogens with zero attached hydrogens (tertiary/aromatic N) is 3. The van der Waals surface area contributed by atoms with E-state index in [2.05, 4.69) is 37.0 Å². The van der Waals surface area contributed by atoms with Crippen LogP contribution in [-0.2, 0) is 36.2 Å². The Morgan fingerprint density at radius 3 is 2.41 bits per heavy atom. The lowest BCUT2D eigenvalue weighted by atomic mass is 9.95. The van der Waals surface area contributed by atoms with Crippen molar-refractivity contribution >= 4 is 58.6 Å². The number of nitrogens with one attached hydrogen (secondary N) is 4. The summed E-state index contributed by atoms with van der Waals surface area (Å²) in [7, 11) is 1.68. The summed E-state index contributed by atoms with van der Waals surface area (Å²) in [5.41, 5.74) is 5.72. The third-order valence-electron chi connectivity index (χ3n) is 10.2. The van der Waals surface area contributed by atoms with Gasteiger partial charge in [0, 0.05) is 67.8 Å². The number of carbonyl (C=O) groups excluding carboxylic acids is 5. The van der Waals surface area contributed by atoms with E-state index in [0.717, 1.165) is 66.2 Å². The fourth-order valence-electron chi connectivity index (χ4n) is 7.11. The second-order valence-corrected chi connectivity index (χ2v) is 15.9. The molecule has 4 aromatic carbocycles. The van der Waals surface area contributed by atoms with E-state index < -0.39 is 18.2 Å². The van der Waals surface area contributed by atoms with E-state index in [1.165, 1.54) is 11.8 Å². The zero-order valence-corrected chi connectivity index (χ0v) is 35.4. The van der Waals surface area contributed by atoms with Gasteiger partial charge in [0.2, 0.25) is 12.1 Å². The molecule has 2 aliphatic heterocycles. The van der Waals surface area contributed by atoms with Gasteiger partial charge >= 0.3 is 12.0 Å². The second kappa shape index (κ2) is 22.4. The topological polar surface area (TPSA) is 171 Å². The lowest BCUT2D eigenvalue weighted by Gasteiger charge is -2.31. The van der Waals surface area contributed by atoms with Crippen molar-refractivity contribution in [3.05, 3.63) is 125 Å². The molecule has 0 aromatic heterocycles. The zero-order chi connectivity index (χ0) is 43.0. The number of benzene rings is 4. The number of thioether (sulfide) groups is 1. The SMILES string of the molecule is CC(=O)OCC(=O)NCCCOc1cccc(CN2CCC(C(=O)NCCSCc3cccc(NC(=O)N[C@@H]4N=C(c5ccccc5)c5ccccc5N(C)C4=O)c3)CC2)c1. The van der Waals surface area contributed by atoms with Crippen molar-refractivity contribution in [3.63, 3.8) is 0 Å². The molecule has 320 valence electrons. The van der Waals surface area contributed by atoms with Crippen LogP contribution in [0.5, 0.6) is 5.75 Å². The van der Waals surface area contributed by atoms with Gasteiger partial charge in [0.1, 0.15) is 5.75 Å². The molecule has 61 heavy (non-hydrogen) atoms. The number of piperidine rings is 1. The number of likely N-dealkylation sites (tertiary alicyclic amines) is 1. The number of likely N-dealkylation sites (N-methyl/N-ethyl adjacent to an activating group) is 1. The van der Waals surface area contributed by atoms with Crippen LogP contribution >= 0.6 is 11.8 Å². The quantitative estimate of drug-likeness (QED) is 0.0761. The molecule has 4 aromatic rings. The number of fused-ring (bicyclic) bond motifs is 1. The molecule has 0 radical (unpaired) electrons. The highest BCUT2D eigenvalue weighted by Crippen LogP contribution is 2.27. The van der Waals surface area contributed by atoms with E-state index in [0.29, 0.717) is 49.0 Å². The number of amides is 5. The molecular formula is C46H53N7O7S. The summed E-state index contributed by atoms with van der Waals surface area (Å²) in [5.74, 6) is 1.10. The highest BCUT2D eigenvalue weighted by Gasteiger charge is 2.31. The average molecular weight is 848 g/mol. The molecular weight excluding hydrogens is 795 g/mol. The van der Waals surface area contributed by atoms with E-state index in [-0.39, 0.29) is 30.2 Å². The van der Waals surface area contributed by atoms with Gasteiger partial charge in [-0.1, -0.05) is 72.8 Å². The Bertz CT molecular complexity index is 2180. The number of urea groups is 1. The predicted molar refractivity (Wildman–Crippen MR) is 238 cm³/mol. The van der Waals surface area contributed by atoms with Gasteiger partial charge in [-0.2, -0.15) is 11.8 Å². The van der Waals surface area contributed by atoms with Crippen molar-refractivity contribution < 1.29 is 33.4 Å². The van der Waals surface area contributed by atoms with Crippen molar-refractivity contribution in [2.24, 2.45) is 10.9 Å². The number of aliphatic imine (C=N–C) groups is 1. The minimum absolute atomic E-state index is 0.0149. The van der Waals surface area contributed by atoms with Gasteiger partial charge in [-0.25, -0.2) is 9.79 Å². The van der Waals surface area contributed by atoms with Crippen LogP contribution in [0.15, 0.2) is 108 Å². The Balaban J connectivity index is 0.876. The molecule has 4 N–H and O–H groups in total. The van der Waals surface area contributed by atoms with E-state index in [9.17, 15) is 24.0 Å². The highest BCUT2D eigenvalue weighted by atomic mass is 32.2. The molecule has 5 amide bonds. The molecule has 0 unspecified atom stereocenters. The fraction of sp³-hybridized carbons (Fsp3) is 0.348. The van der Waals surface area contributed by atoms with Crippen molar-refractivity contribution in [2.75, 3.05) is 62.4 Å². The Morgan fingerprint density at radius 2 is 1.61 bits per heavy atom. The third-order valence-corrected chi connectivity index (χ3v) is 11.3. The average Bonchev–Trinajstić information content (AvgIpc) is 3.36. The Kier molecular flexibility index (Phi) is 16.3. The minimum Gasteiger partial charge on any atom is -0.494 e. The first kappa shape index (κ1) is 44.4. The zero-order valence-electron chi connectivity index (χ0n) is 34.6. The summed E-state index contributed by atoms with van der Waals surface area (Å²) in [6.45, 7) is 4.84. The molecule has 1 saturated heterocycles. The van der Waals surface area contributed by atoms with E-state index >= 15 is 0 Å². The molecule has 1 fully saturated rings. The number of rotatable bonds is 18. The van der Waals surface area contributed by atoms with E-state index in [4.69, 9.17) is 9.73 Å². The molecule has 14 nitrogen and oxygen atoms in total. The Morgan fingerprint density at radius 1 is 0.852 bits per heavy atom. The first-order chi connectivity index (χ1) is 29.6. The molecule has 15 heteroatoms. The number of benzodiazepines with no additional fused rings is 1. The second-order valence-electron chi connectivity index (χ2n) is 14.8. The maximum atomic E-state index is 13.5. The maximum Gasteiger partial charge on any atom is 0.321 e. The van der Waals surface area contributed by atoms with Crippen LogP contribution in [0, 0.1) is 5.92 Å². The molecule has 1 atom stereocenters. The van der Waals surface area contributed by atoms with Crippen LogP contribution in [-0.4, -0.2) is 98.7 Å². The van der Waals surface area contributed by atoms with Gasteiger partial charge < -0.3 is 35.6 Å². The van der Waals surface area contributed by atoms with Crippen molar-refractivity contribution in [1.82, 2.24) is 20.9 Å². The summed E-state index contributed by atoms with van der Waals surface area (Å²) >= 11 is 1.70. The molecule has 6 rings (SSSR count). The number of hydrogen-bond acceptors (Lipinski definition) is 10. The van der Waals surface area contributed by atoms with Crippen molar-refractivity contribution in [3.8, 4) is 5.75 Å². The molecule has 0 bridgehead atoms. The predicted octanol–water partition coefficient (Wildman–Crippen LogP) is 5.36. The number of para-hydroxylation sites is 1. The first-order valence-electron chi connectivity index (χ1n) is 20.5. The number of carbonyl (C=O) groups is 5. The number of anilines is 2. The normalized spacial score (nSPS) is 15.4. The fourth-order valence-corrected chi connectivity index (χ4v) is 7.91. The summed E-state index contributed by atoms with van der Waals surface area (Å²) in [6.07, 6.45) is 1.08. The summed E-state index contributed by atoms with van der Waals surface area (Å²) in [6, 6.07) is 32.2. The first-order valence-corrected chi connectivity index (χ1v) is 21.6. The molecule has 0 saturated carbocycles. The van der Waals surface area contributed by atoms with Gasteiger partial charge in [0.15, 0.2) is 6.61 Å². The van der Waals surface area contributed by atoms with Crippen molar-refractivity contribution in [2.45, 2.75) is 44.6 Å². The summed E-state index contributed by atoms with van der Waals surface area (Å²) in [4.78, 5) is 70.9. The summed E-state index contributed by atoms with van der Waals surface area (Å²) in [5, 5.41) is 11.4. The lowest BCUT2D eigenvalue weighted by Crippen LogP contribution is -2.47. The van der Waals surface area contributed by atoms with Gasteiger partial charge in [-0.3, -0.25) is 24.1 Å². The van der Waals surface area contributed by atoms with Crippen LogP contribution in [0.3, 0.4) is 0 Å². The van der Waals surface area contributed by atoms with Crippen LogP contribution in [0.4, 0.5) is 16.2 Å². The number of esters is 1. The maximum absolute atomic E-state index is 13.5. The van der Waals surface area contributed by atoms with Crippen LogP contribution in [0.2, 0.25) is 0 Å². The van der Waals surface area contributed by atoms with E-state index in [1.807, 2.05) is 91.0 Å². The van der Waals surface area contributed by atoms with Crippen LogP contribution in [0.25, 0.3) is 0 Å². The standard InChI is InChI=1S/C46H53N7O7S/c1-32(54)60-30-41(55)47-21-10-25-59-38-16-9-11-33(28-38)29-53-23-19-36(20-24-53)44(56)48-22-26-61-31-34-12-8-15-37(27-34)49-46(58)51-43-45(57)52(2)40-18-7-6-17-39(40)42(50-43)35-13-4-3-5-14-35/h3-9,11-18,27-28,36,43H,10,19-26,29-31H2,1-2H3,(H,47,55)(H,48,56)(H2,49,51,58)/t43-/m0/s1.